The molecule has 1 aliphatic rings. The highest BCUT2D eigenvalue weighted by atomic mass is 16.2. The first-order valence-electron chi connectivity index (χ1n) is 11.9. The number of hydrogen-bond donors (Lipinski definition) is 1. The summed E-state index contributed by atoms with van der Waals surface area (Å²) in [5.41, 5.74) is 8.12. The summed E-state index contributed by atoms with van der Waals surface area (Å²) in [6.07, 6.45) is 3.50. The molecule has 1 aliphatic heterocycles. The molecule has 0 amide bonds. The molecular formula is C25H28N8O2. The Kier molecular flexibility index (Phi) is 6.09. The van der Waals surface area contributed by atoms with Gasteiger partial charge in [-0.3, -0.25) is 23.5 Å². The van der Waals surface area contributed by atoms with Crippen LogP contribution in [0, 0.1) is 11.8 Å². The smallest absolute Gasteiger partial charge is 0.333 e. The molecular weight excluding hydrogens is 444 g/mol. The normalized spacial score (nSPS) is 16.0. The molecule has 10 heteroatoms. The maximum Gasteiger partial charge on any atom is 0.333 e. The lowest BCUT2D eigenvalue weighted by Gasteiger charge is -2.31. The highest BCUT2D eigenvalue weighted by Crippen LogP contribution is 2.23. The highest BCUT2D eigenvalue weighted by Gasteiger charge is 2.26. The molecule has 1 atom stereocenters. The van der Waals surface area contributed by atoms with Gasteiger partial charge < -0.3 is 10.6 Å². The zero-order valence-electron chi connectivity index (χ0n) is 19.9. The van der Waals surface area contributed by atoms with Crippen molar-refractivity contribution in [2.24, 2.45) is 5.73 Å². The van der Waals surface area contributed by atoms with Crippen molar-refractivity contribution >= 4 is 28.1 Å². The fraction of sp³-hybridized carbons (Fsp3) is 0.400. The zero-order chi connectivity index (χ0) is 24.5. The number of hydrogen-bond acceptors (Lipinski definition) is 7. The second-order valence-corrected chi connectivity index (χ2v) is 8.71. The van der Waals surface area contributed by atoms with Crippen molar-refractivity contribution in [2.75, 3.05) is 18.0 Å². The number of aryl methyl sites for hydroxylation is 1. The van der Waals surface area contributed by atoms with Crippen LogP contribution in [0.15, 0.2) is 40.1 Å². The van der Waals surface area contributed by atoms with Crippen LogP contribution in [0.1, 0.15) is 32.4 Å². The van der Waals surface area contributed by atoms with Gasteiger partial charge in [-0.05, 0) is 38.8 Å². The van der Waals surface area contributed by atoms with Gasteiger partial charge in [-0.2, -0.15) is 4.98 Å². The Labute approximate surface area is 202 Å². The topological polar surface area (TPSA) is 117 Å². The highest BCUT2D eigenvalue weighted by molar-refractivity contribution is 5.75. The first kappa shape index (κ1) is 22.8. The summed E-state index contributed by atoms with van der Waals surface area (Å²) in [5, 5.41) is 0. The minimum absolute atomic E-state index is 0.0139. The zero-order valence-corrected chi connectivity index (χ0v) is 19.9. The summed E-state index contributed by atoms with van der Waals surface area (Å²) < 4.78 is 4.57. The van der Waals surface area contributed by atoms with Crippen molar-refractivity contribution in [3.05, 3.63) is 57.0 Å². The van der Waals surface area contributed by atoms with E-state index in [1.807, 2.05) is 35.8 Å². The van der Waals surface area contributed by atoms with Gasteiger partial charge in [0.2, 0.25) is 5.95 Å². The molecule has 3 aromatic heterocycles. The van der Waals surface area contributed by atoms with E-state index in [0.717, 1.165) is 24.9 Å². The van der Waals surface area contributed by atoms with Gasteiger partial charge in [-0.15, -0.1) is 5.92 Å². The van der Waals surface area contributed by atoms with Gasteiger partial charge in [0, 0.05) is 25.7 Å². The van der Waals surface area contributed by atoms with E-state index in [1.54, 1.807) is 13.1 Å². The summed E-state index contributed by atoms with van der Waals surface area (Å²) in [6.45, 7) is 5.73. The summed E-state index contributed by atoms with van der Waals surface area (Å²) in [4.78, 5) is 43.1. The number of piperidine rings is 1. The molecule has 35 heavy (non-hydrogen) atoms. The van der Waals surface area contributed by atoms with E-state index < -0.39 is 11.2 Å². The van der Waals surface area contributed by atoms with Crippen molar-refractivity contribution in [3.63, 3.8) is 0 Å². The van der Waals surface area contributed by atoms with Gasteiger partial charge in [0.1, 0.15) is 0 Å². The molecule has 10 nitrogen and oxygen atoms in total. The third kappa shape index (κ3) is 4.08. The predicted octanol–water partition coefficient (Wildman–Crippen LogP) is 1.32. The number of benzene rings is 1. The lowest BCUT2D eigenvalue weighted by atomic mass is 10.1. The van der Waals surface area contributed by atoms with Crippen LogP contribution in [0.2, 0.25) is 0 Å². The number of anilines is 1. The van der Waals surface area contributed by atoms with E-state index >= 15 is 0 Å². The summed E-state index contributed by atoms with van der Waals surface area (Å²) in [7, 11) is 0. The monoisotopic (exact) mass is 472 g/mol. The van der Waals surface area contributed by atoms with Gasteiger partial charge in [0.25, 0.3) is 5.56 Å². The van der Waals surface area contributed by atoms with Crippen molar-refractivity contribution in [1.29, 1.82) is 0 Å². The average molecular weight is 473 g/mol. The Morgan fingerprint density at radius 3 is 2.66 bits per heavy atom. The van der Waals surface area contributed by atoms with Gasteiger partial charge in [0.05, 0.1) is 36.0 Å². The lowest BCUT2D eigenvalue weighted by molar-refractivity contribution is 0.496. The molecule has 2 N–H and O–H groups in total. The summed E-state index contributed by atoms with van der Waals surface area (Å²) >= 11 is 0. The van der Waals surface area contributed by atoms with E-state index in [4.69, 9.17) is 10.7 Å². The summed E-state index contributed by atoms with van der Waals surface area (Å²) in [5.74, 6) is 6.59. The van der Waals surface area contributed by atoms with Gasteiger partial charge in [-0.25, -0.2) is 9.78 Å². The largest absolute Gasteiger partial charge is 0.341 e. The molecule has 4 aromatic rings. The number of nitrogens with zero attached hydrogens (tertiary/aromatic N) is 7. The second-order valence-electron chi connectivity index (χ2n) is 8.71. The van der Waals surface area contributed by atoms with Crippen LogP contribution in [0.25, 0.3) is 22.2 Å². The van der Waals surface area contributed by atoms with E-state index in [0.29, 0.717) is 48.0 Å². The van der Waals surface area contributed by atoms with Crippen molar-refractivity contribution < 1.29 is 0 Å². The van der Waals surface area contributed by atoms with Crippen molar-refractivity contribution in [2.45, 2.75) is 52.4 Å². The molecule has 1 aromatic carbocycles. The number of para-hydroxylation sites is 2. The minimum Gasteiger partial charge on any atom is -0.341 e. The fourth-order valence-electron chi connectivity index (χ4n) is 4.68. The van der Waals surface area contributed by atoms with E-state index in [1.165, 1.54) is 9.13 Å². The van der Waals surface area contributed by atoms with Crippen LogP contribution in [0.5, 0.6) is 0 Å². The number of imidazole rings is 1. The molecule has 1 unspecified atom stereocenters. The van der Waals surface area contributed by atoms with E-state index in [2.05, 4.69) is 26.7 Å². The molecule has 0 spiro atoms. The Bertz CT molecular complexity index is 1590. The standard InChI is InChI=1S/C25H28N8O2/c1-3-5-13-32-21-22(29-24(32)30-12-8-9-17(26)15-30)31(4-2)25(35)33(23(21)34)16-18-14-27-19-10-6-7-11-20(19)28-18/h6-7,10-11,14,17H,4,8-9,12-13,15-16,26H2,1-2H3. The van der Waals surface area contributed by atoms with Gasteiger partial charge >= 0.3 is 5.69 Å². The number of nitrogens with two attached hydrogens (primary N) is 1. The minimum atomic E-state index is -0.423. The Morgan fingerprint density at radius 1 is 1.11 bits per heavy atom. The van der Waals surface area contributed by atoms with Gasteiger partial charge in [-0.1, -0.05) is 18.1 Å². The Morgan fingerprint density at radius 2 is 1.91 bits per heavy atom. The van der Waals surface area contributed by atoms with E-state index in [-0.39, 0.29) is 12.6 Å². The molecule has 180 valence electrons. The first-order valence-corrected chi connectivity index (χ1v) is 11.9. The second kappa shape index (κ2) is 9.35. The molecule has 0 saturated carbocycles. The van der Waals surface area contributed by atoms with Crippen LogP contribution in [0.3, 0.4) is 0 Å². The maximum atomic E-state index is 13.8. The van der Waals surface area contributed by atoms with Crippen LogP contribution in [-0.2, 0) is 19.6 Å². The Balaban J connectivity index is 1.70. The quantitative estimate of drug-likeness (QED) is 0.436. The molecule has 1 saturated heterocycles. The van der Waals surface area contributed by atoms with Crippen molar-refractivity contribution in [3.8, 4) is 11.8 Å². The molecule has 5 rings (SSSR count). The summed E-state index contributed by atoms with van der Waals surface area (Å²) in [6, 6.07) is 7.53. The van der Waals surface area contributed by atoms with Crippen LogP contribution in [-0.4, -0.2) is 47.8 Å². The molecule has 0 bridgehead atoms. The van der Waals surface area contributed by atoms with Crippen LogP contribution < -0.4 is 21.9 Å². The fourth-order valence-corrected chi connectivity index (χ4v) is 4.68. The lowest BCUT2D eigenvalue weighted by Crippen LogP contribution is -2.44. The SMILES string of the molecule is CC#CCn1c(N2CCCC(N)C2)nc2c1c(=O)n(Cc1cnc3ccccc3n1)c(=O)n2CC. The third-order valence-electron chi connectivity index (χ3n) is 6.38. The average Bonchev–Trinajstić information content (AvgIpc) is 3.25. The molecule has 1 fully saturated rings. The predicted molar refractivity (Wildman–Crippen MR) is 135 cm³/mol. The first-order chi connectivity index (χ1) is 17.0. The molecule has 0 aliphatic carbocycles. The maximum absolute atomic E-state index is 13.8. The molecule has 4 heterocycles. The van der Waals surface area contributed by atoms with E-state index in [9.17, 15) is 9.59 Å². The van der Waals surface area contributed by atoms with Gasteiger partial charge in [0.15, 0.2) is 11.2 Å². The third-order valence-corrected chi connectivity index (χ3v) is 6.38. The Hall–Kier alpha value is -3.97. The van der Waals surface area contributed by atoms with Crippen LogP contribution >= 0.6 is 0 Å². The number of rotatable bonds is 5. The number of fused-ring (bicyclic) bond motifs is 2. The molecule has 0 radical (unpaired) electrons. The number of aromatic nitrogens is 6. The van der Waals surface area contributed by atoms with Crippen LogP contribution in [0.4, 0.5) is 5.95 Å². The van der Waals surface area contributed by atoms with Crippen molar-refractivity contribution in [1.82, 2.24) is 28.7 Å².